The van der Waals surface area contributed by atoms with Gasteiger partial charge in [-0.15, -0.1) is 23.1 Å². The van der Waals surface area contributed by atoms with Crippen molar-refractivity contribution >= 4 is 29.1 Å². The van der Waals surface area contributed by atoms with Crippen molar-refractivity contribution < 1.29 is 9.53 Å². The minimum Gasteiger partial charge on any atom is -0.461 e. The number of esters is 1. The van der Waals surface area contributed by atoms with Crippen molar-refractivity contribution in [1.82, 2.24) is 4.98 Å². The molecule has 1 heterocycles. The number of ether oxygens (including phenoxy) is 1. The van der Waals surface area contributed by atoms with E-state index in [0.29, 0.717) is 17.6 Å². The van der Waals surface area contributed by atoms with Gasteiger partial charge < -0.3 is 4.74 Å². The van der Waals surface area contributed by atoms with E-state index < -0.39 is 0 Å². The second-order valence-corrected chi connectivity index (χ2v) is 6.96. The lowest BCUT2D eigenvalue weighted by molar-refractivity contribution is 0.0520. The standard InChI is InChI=1S/C15H17NO2S2/c1-4-18-15(17)13-9-19-14(16-13)11-5-7-12(8-6-11)20-10(2)3/h5-10H,4H2,1-3H3. The van der Waals surface area contributed by atoms with Gasteiger partial charge in [0.1, 0.15) is 5.01 Å². The molecule has 0 unspecified atom stereocenters. The number of hydrogen-bond acceptors (Lipinski definition) is 5. The Morgan fingerprint density at radius 3 is 2.65 bits per heavy atom. The highest BCUT2D eigenvalue weighted by atomic mass is 32.2. The van der Waals surface area contributed by atoms with Gasteiger partial charge in [-0.05, 0) is 19.1 Å². The normalized spacial score (nSPS) is 10.8. The molecule has 3 nitrogen and oxygen atoms in total. The molecule has 0 aliphatic rings. The fraction of sp³-hybridized carbons (Fsp3) is 0.333. The van der Waals surface area contributed by atoms with Crippen LogP contribution >= 0.6 is 23.1 Å². The Labute approximate surface area is 127 Å². The molecule has 0 fully saturated rings. The Bertz CT molecular complexity index is 576. The zero-order valence-electron chi connectivity index (χ0n) is 11.8. The predicted octanol–water partition coefficient (Wildman–Crippen LogP) is 4.49. The van der Waals surface area contributed by atoms with Crippen LogP contribution in [0.5, 0.6) is 0 Å². The highest BCUT2D eigenvalue weighted by molar-refractivity contribution is 7.99. The largest absolute Gasteiger partial charge is 0.461 e. The summed E-state index contributed by atoms with van der Waals surface area (Å²) < 4.78 is 4.94. The molecule has 0 bridgehead atoms. The number of benzene rings is 1. The molecule has 1 aromatic heterocycles. The Hall–Kier alpha value is -1.33. The average molecular weight is 307 g/mol. The number of nitrogens with zero attached hydrogens (tertiary/aromatic N) is 1. The van der Waals surface area contributed by atoms with Crippen LogP contribution < -0.4 is 0 Å². The van der Waals surface area contributed by atoms with Gasteiger partial charge in [0, 0.05) is 21.1 Å². The van der Waals surface area contributed by atoms with Gasteiger partial charge in [0.15, 0.2) is 5.69 Å². The van der Waals surface area contributed by atoms with Crippen LogP contribution in [0.3, 0.4) is 0 Å². The van der Waals surface area contributed by atoms with Gasteiger partial charge in [0.05, 0.1) is 6.61 Å². The van der Waals surface area contributed by atoms with Crippen molar-refractivity contribution in [2.75, 3.05) is 6.61 Å². The van der Waals surface area contributed by atoms with E-state index in [1.54, 1.807) is 12.3 Å². The van der Waals surface area contributed by atoms with Crippen molar-refractivity contribution in [2.45, 2.75) is 30.9 Å². The summed E-state index contributed by atoms with van der Waals surface area (Å²) in [4.78, 5) is 17.2. The molecule has 1 aromatic carbocycles. The van der Waals surface area contributed by atoms with E-state index in [-0.39, 0.29) is 5.97 Å². The van der Waals surface area contributed by atoms with E-state index >= 15 is 0 Å². The van der Waals surface area contributed by atoms with E-state index in [2.05, 4.69) is 31.0 Å². The van der Waals surface area contributed by atoms with E-state index in [0.717, 1.165) is 10.6 Å². The third-order valence-corrected chi connectivity index (χ3v) is 4.37. The molecule has 20 heavy (non-hydrogen) atoms. The first kappa shape index (κ1) is 15.1. The van der Waals surface area contributed by atoms with Crippen molar-refractivity contribution in [3.8, 4) is 10.6 Å². The first-order valence-electron chi connectivity index (χ1n) is 6.50. The van der Waals surface area contributed by atoms with Crippen LogP contribution in [0.2, 0.25) is 0 Å². The van der Waals surface area contributed by atoms with Gasteiger partial charge in [-0.25, -0.2) is 9.78 Å². The molecule has 0 radical (unpaired) electrons. The summed E-state index contributed by atoms with van der Waals surface area (Å²) in [5.41, 5.74) is 1.41. The first-order valence-corrected chi connectivity index (χ1v) is 8.25. The summed E-state index contributed by atoms with van der Waals surface area (Å²) in [5, 5.41) is 3.15. The number of hydrogen-bond donors (Lipinski definition) is 0. The quantitative estimate of drug-likeness (QED) is 0.603. The van der Waals surface area contributed by atoms with Gasteiger partial charge >= 0.3 is 5.97 Å². The van der Waals surface area contributed by atoms with Crippen LogP contribution in [0.4, 0.5) is 0 Å². The maximum Gasteiger partial charge on any atom is 0.357 e. The molecule has 0 atom stereocenters. The zero-order valence-corrected chi connectivity index (χ0v) is 13.4. The van der Waals surface area contributed by atoms with E-state index in [1.807, 2.05) is 23.9 Å². The first-order chi connectivity index (χ1) is 9.60. The molecule has 5 heteroatoms. The molecule has 0 saturated carbocycles. The minimum absolute atomic E-state index is 0.359. The lowest BCUT2D eigenvalue weighted by atomic mass is 10.2. The molecule has 2 rings (SSSR count). The summed E-state index contributed by atoms with van der Waals surface area (Å²) in [6, 6.07) is 8.26. The summed E-state index contributed by atoms with van der Waals surface area (Å²) >= 11 is 3.29. The Morgan fingerprint density at radius 2 is 2.05 bits per heavy atom. The molecule has 0 amide bonds. The Morgan fingerprint density at radius 1 is 1.35 bits per heavy atom. The van der Waals surface area contributed by atoms with Crippen molar-refractivity contribution in [3.05, 3.63) is 35.3 Å². The fourth-order valence-electron chi connectivity index (χ4n) is 1.65. The van der Waals surface area contributed by atoms with Crippen LogP contribution in [-0.2, 0) is 4.74 Å². The van der Waals surface area contributed by atoms with E-state index in [9.17, 15) is 4.79 Å². The molecular formula is C15H17NO2S2. The van der Waals surface area contributed by atoms with Gasteiger partial charge in [-0.2, -0.15) is 0 Å². The van der Waals surface area contributed by atoms with Crippen LogP contribution in [0.25, 0.3) is 10.6 Å². The minimum atomic E-state index is -0.359. The molecule has 0 spiro atoms. The highest BCUT2D eigenvalue weighted by Gasteiger charge is 2.12. The maximum absolute atomic E-state index is 11.6. The van der Waals surface area contributed by atoms with E-state index in [1.165, 1.54) is 16.2 Å². The summed E-state index contributed by atoms with van der Waals surface area (Å²) in [6.45, 7) is 6.50. The third kappa shape index (κ3) is 3.84. The molecule has 2 aromatic rings. The average Bonchev–Trinajstić information content (AvgIpc) is 2.89. The third-order valence-electron chi connectivity index (χ3n) is 2.46. The van der Waals surface area contributed by atoms with Gasteiger partial charge in [0.25, 0.3) is 0 Å². The van der Waals surface area contributed by atoms with Crippen molar-refractivity contribution in [3.63, 3.8) is 0 Å². The number of carbonyl (C=O) groups is 1. The SMILES string of the molecule is CCOC(=O)c1csc(-c2ccc(SC(C)C)cc2)n1. The fourth-order valence-corrected chi connectivity index (χ4v) is 3.29. The number of aromatic nitrogens is 1. The number of rotatable bonds is 5. The zero-order chi connectivity index (χ0) is 14.5. The molecule has 0 N–H and O–H groups in total. The van der Waals surface area contributed by atoms with Crippen LogP contribution in [0.1, 0.15) is 31.3 Å². The number of thiazole rings is 1. The second kappa shape index (κ2) is 6.90. The summed E-state index contributed by atoms with van der Waals surface area (Å²) in [6.07, 6.45) is 0. The van der Waals surface area contributed by atoms with Gasteiger partial charge in [-0.3, -0.25) is 0 Å². The van der Waals surface area contributed by atoms with Crippen molar-refractivity contribution in [2.24, 2.45) is 0 Å². The molecular weight excluding hydrogens is 290 g/mol. The molecule has 0 aliphatic carbocycles. The van der Waals surface area contributed by atoms with Gasteiger partial charge in [-0.1, -0.05) is 26.0 Å². The number of thioether (sulfide) groups is 1. The molecule has 106 valence electrons. The predicted molar refractivity (Wildman–Crippen MR) is 84.5 cm³/mol. The van der Waals surface area contributed by atoms with Crippen LogP contribution in [0, 0.1) is 0 Å². The summed E-state index contributed by atoms with van der Waals surface area (Å²) in [7, 11) is 0. The van der Waals surface area contributed by atoms with Crippen LogP contribution in [-0.4, -0.2) is 22.8 Å². The monoisotopic (exact) mass is 307 g/mol. The summed E-state index contributed by atoms with van der Waals surface area (Å²) in [5.74, 6) is -0.359. The lowest BCUT2D eigenvalue weighted by Crippen LogP contribution is -2.04. The van der Waals surface area contributed by atoms with Crippen molar-refractivity contribution in [1.29, 1.82) is 0 Å². The molecule has 0 aliphatic heterocycles. The highest BCUT2D eigenvalue weighted by Crippen LogP contribution is 2.28. The second-order valence-electron chi connectivity index (χ2n) is 4.45. The smallest absolute Gasteiger partial charge is 0.357 e. The van der Waals surface area contributed by atoms with Gasteiger partial charge in [0.2, 0.25) is 0 Å². The number of carbonyl (C=O) groups excluding carboxylic acids is 1. The topological polar surface area (TPSA) is 39.2 Å². The maximum atomic E-state index is 11.6. The van der Waals surface area contributed by atoms with E-state index in [4.69, 9.17) is 4.74 Å². The van der Waals surface area contributed by atoms with Crippen LogP contribution in [0.15, 0.2) is 34.5 Å². The Kier molecular flexibility index (Phi) is 5.20. The molecule has 0 saturated heterocycles. The Balaban J connectivity index is 2.14. The lowest BCUT2D eigenvalue weighted by Gasteiger charge is -2.04.